The molecule has 0 heterocycles. The molecule has 0 fully saturated rings. The van der Waals surface area contributed by atoms with Gasteiger partial charge in [0.15, 0.2) is 0 Å². The van der Waals surface area contributed by atoms with Crippen molar-refractivity contribution in [3.05, 3.63) is 12.2 Å². The van der Waals surface area contributed by atoms with E-state index >= 15 is 0 Å². The molecule has 1 atom stereocenters. The number of carbonyl (C=O) groups excluding carboxylic acids is 1. The van der Waals surface area contributed by atoms with Crippen LogP contribution in [0.2, 0.25) is 0 Å². The molecule has 0 aliphatic heterocycles. The zero-order chi connectivity index (χ0) is 11.8. The van der Waals surface area contributed by atoms with Crippen LogP contribution in [-0.4, -0.2) is 48.3 Å². The van der Waals surface area contributed by atoms with Crippen molar-refractivity contribution in [3.8, 4) is 0 Å². The van der Waals surface area contributed by atoms with Crippen LogP contribution in [0.15, 0.2) is 12.2 Å². The molecule has 0 rings (SSSR count). The van der Waals surface area contributed by atoms with Gasteiger partial charge in [-0.05, 0) is 20.0 Å². The van der Waals surface area contributed by atoms with Gasteiger partial charge < -0.3 is 14.7 Å². The number of carbonyl (C=O) groups is 1. The third kappa shape index (κ3) is 6.25. The van der Waals surface area contributed by atoms with Gasteiger partial charge in [-0.3, -0.25) is 0 Å². The van der Waals surface area contributed by atoms with Gasteiger partial charge in [0.05, 0.1) is 0 Å². The molecule has 0 aromatic rings. The number of hydrogen-bond donors (Lipinski definition) is 1. The van der Waals surface area contributed by atoms with E-state index in [0.29, 0.717) is 12.1 Å². The lowest BCUT2D eigenvalue weighted by molar-refractivity contribution is -0.142. The molecule has 0 amide bonds. The molecular formula is C11H21NO3. The Morgan fingerprint density at radius 1 is 1.47 bits per heavy atom. The molecule has 4 nitrogen and oxygen atoms in total. The Morgan fingerprint density at radius 3 is 2.40 bits per heavy atom. The van der Waals surface area contributed by atoms with Crippen LogP contribution >= 0.6 is 0 Å². The second kappa shape index (κ2) is 7.43. The maximum Gasteiger partial charge on any atom is 0.333 e. The minimum atomic E-state index is -0.631. The van der Waals surface area contributed by atoms with Gasteiger partial charge in [0.1, 0.15) is 12.7 Å². The van der Waals surface area contributed by atoms with Crippen LogP contribution in [0.3, 0.4) is 0 Å². The third-order valence-corrected chi connectivity index (χ3v) is 2.12. The Kier molecular flexibility index (Phi) is 6.99. The number of aliphatic hydroxyl groups excluding tert-OH is 1. The summed E-state index contributed by atoms with van der Waals surface area (Å²) in [4.78, 5) is 13.1. The molecule has 88 valence electrons. The van der Waals surface area contributed by atoms with Gasteiger partial charge in [-0.2, -0.15) is 0 Å². The summed E-state index contributed by atoms with van der Waals surface area (Å²) in [7, 11) is 0. The molecule has 4 heteroatoms. The fourth-order valence-corrected chi connectivity index (χ4v) is 1.13. The van der Waals surface area contributed by atoms with Gasteiger partial charge in [-0.15, -0.1) is 0 Å². The van der Waals surface area contributed by atoms with Crippen LogP contribution in [0, 0.1) is 0 Å². The Bertz CT molecular complexity index is 212. The molecule has 0 bridgehead atoms. The average Bonchev–Trinajstić information content (AvgIpc) is 2.22. The SMILES string of the molecule is C=C(C)C(=O)OCC(O)CN(CC)CC. The smallest absolute Gasteiger partial charge is 0.333 e. The highest BCUT2D eigenvalue weighted by atomic mass is 16.5. The molecule has 0 aliphatic carbocycles. The maximum absolute atomic E-state index is 11.0. The molecule has 15 heavy (non-hydrogen) atoms. The Morgan fingerprint density at radius 2 is 2.00 bits per heavy atom. The van der Waals surface area contributed by atoms with E-state index in [1.54, 1.807) is 6.92 Å². The summed E-state index contributed by atoms with van der Waals surface area (Å²) in [6.45, 7) is 11.4. The summed E-state index contributed by atoms with van der Waals surface area (Å²) in [6, 6.07) is 0. The fraction of sp³-hybridized carbons (Fsp3) is 0.727. The second-order valence-electron chi connectivity index (χ2n) is 3.52. The first-order valence-electron chi connectivity index (χ1n) is 5.24. The lowest BCUT2D eigenvalue weighted by atomic mass is 10.3. The number of likely N-dealkylation sites (N-methyl/N-ethyl adjacent to an activating group) is 1. The highest BCUT2D eigenvalue weighted by molar-refractivity contribution is 5.86. The Hall–Kier alpha value is -0.870. The predicted octanol–water partition coefficient (Wildman–Crippen LogP) is 0.808. The summed E-state index contributed by atoms with van der Waals surface area (Å²) >= 11 is 0. The number of nitrogens with zero attached hydrogens (tertiary/aromatic N) is 1. The van der Waals surface area contributed by atoms with Crippen LogP contribution in [0.1, 0.15) is 20.8 Å². The largest absolute Gasteiger partial charge is 0.460 e. The maximum atomic E-state index is 11.0. The summed E-state index contributed by atoms with van der Waals surface area (Å²) in [6.07, 6.45) is -0.631. The van der Waals surface area contributed by atoms with Crippen molar-refractivity contribution in [3.63, 3.8) is 0 Å². The van der Waals surface area contributed by atoms with Crippen LogP contribution in [0.25, 0.3) is 0 Å². The quantitative estimate of drug-likeness (QED) is 0.504. The van der Waals surface area contributed by atoms with E-state index in [9.17, 15) is 9.90 Å². The normalized spacial score (nSPS) is 12.6. The van der Waals surface area contributed by atoms with Crippen molar-refractivity contribution in [1.29, 1.82) is 0 Å². The van der Waals surface area contributed by atoms with E-state index in [1.807, 2.05) is 13.8 Å². The van der Waals surface area contributed by atoms with Crippen LogP contribution in [0.5, 0.6) is 0 Å². The van der Waals surface area contributed by atoms with E-state index in [0.717, 1.165) is 13.1 Å². The minimum Gasteiger partial charge on any atom is -0.460 e. The molecule has 0 saturated carbocycles. The van der Waals surface area contributed by atoms with E-state index in [-0.39, 0.29) is 6.61 Å². The third-order valence-electron chi connectivity index (χ3n) is 2.12. The molecule has 1 unspecified atom stereocenters. The molecule has 0 spiro atoms. The van der Waals surface area contributed by atoms with Gasteiger partial charge in [0.25, 0.3) is 0 Å². The van der Waals surface area contributed by atoms with E-state index in [1.165, 1.54) is 0 Å². The van der Waals surface area contributed by atoms with Crippen molar-refractivity contribution in [1.82, 2.24) is 4.90 Å². The number of rotatable bonds is 7. The number of ether oxygens (including phenoxy) is 1. The van der Waals surface area contributed by atoms with Gasteiger partial charge in [-0.25, -0.2) is 4.79 Å². The average molecular weight is 215 g/mol. The molecule has 0 aromatic heterocycles. The zero-order valence-corrected chi connectivity index (χ0v) is 9.82. The van der Waals surface area contributed by atoms with Crippen LogP contribution in [-0.2, 0) is 9.53 Å². The number of esters is 1. The summed E-state index contributed by atoms with van der Waals surface area (Å²) in [5, 5.41) is 9.56. The zero-order valence-electron chi connectivity index (χ0n) is 9.82. The van der Waals surface area contributed by atoms with Crippen LogP contribution < -0.4 is 0 Å². The number of aliphatic hydroxyl groups is 1. The second-order valence-corrected chi connectivity index (χ2v) is 3.52. The van der Waals surface area contributed by atoms with Crippen molar-refractivity contribution >= 4 is 5.97 Å². The molecule has 1 N–H and O–H groups in total. The predicted molar refractivity (Wildman–Crippen MR) is 59.6 cm³/mol. The van der Waals surface area contributed by atoms with E-state index in [4.69, 9.17) is 4.74 Å². The number of hydrogen-bond acceptors (Lipinski definition) is 4. The monoisotopic (exact) mass is 215 g/mol. The first-order chi connectivity index (χ1) is 7.01. The van der Waals surface area contributed by atoms with Gasteiger partial charge in [0, 0.05) is 12.1 Å². The highest BCUT2D eigenvalue weighted by Crippen LogP contribution is 1.96. The topological polar surface area (TPSA) is 49.8 Å². The highest BCUT2D eigenvalue weighted by Gasteiger charge is 2.11. The lowest BCUT2D eigenvalue weighted by Crippen LogP contribution is -2.35. The molecule has 0 aliphatic rings. The standard InChI is InChI=1S/C11H21NO3/c1-5-12(6-2)7-10(13)8-15-11(14)9(3)4/h10,13H,3,5-8H2,1-2,4H3. The molecule has 0 saturated heterocycles. The van der Waals surface area contributed by atoms with Gasteiger partial charge in [-0.1, -0.05) is 20.4 Å². The summed E-state index contributed by atoms with van der Waals surface area (Å²) in [5.74, 6) is -0.450. The van der Waals surface area contributed by atoms with E-state index < -0.39 is 12.1 Å². The summed E-state index contributed by atoms with van der Waals surface area (Å²) < 4.78 is 4.84. The fourth-order valence-electron chi connectivity index (χ4n) is 1.13. The first kappa shape index (κ1) is 14.1. The van der Waals surface area contributed by atoms with Crippen LogP contribution in [0.4, 0.5) is 0 Å². The Balaban J connectivity index is 3.78. The van der Waals surface area contributed by atoms with Gasteiger partial charge in [0.2, 0.25) is 0 Å². The van der Waals surface area contributed by atoms with Crippen molar-refractivity contribution in [2.45, 2.75) is 26.9 Å². The van der Waals surface area contributed by atoms with Crippen molar-refractivity contribution in [2.75, 3.05) is 26.2 Å². The van der Waals surface area contributed by atoms with Crippen molar-refractivity contribution < 1.29 is 14.6 Å². The Labute approximate surface area is 91.5 Å². The molecule has 0 aromatic carbocycles. The summed E-state index contributed by atoms with van der Waals surface area (Å²) in [5.41, 5.74) is 0.352. The molecule has 0 radical (unpaired) electrons. The minimum absolute atomic E-state index is 0.0300. The molecular weight excluding hydrogens is 194 g/mol. The van der Waals surface area contributed by atoms with Crippen molar-refractivity contribution in [2.24, 2.45) is 0 Å². The van der Waals surface area contributed by atoms with E-state index in [2.05, 4.69) is 11.5 Å². The van der Waals surface area contributed by atoms with Gasteiger partial charge >= 0.3 is 5.97 Å². The lowest BCUT2D eigenvalue weighted by Gasteiger charge is -2.21. The first-order valence-corrected chi connectivity index (χ1v) is 5.24.